The van der Waals surface area contributed by atoms with Crippen LogP contribution in [0.2, 0.25) is 0 Å². The number of benzene rings is 1. The Morgan fingerprint density at radius 3 is 2.53 bits per heavy atom. The zero-order valence-corrected chi connectivity index (χ0v) is 9.03. The molecule has 0 saturated heterocycles. The second kappa shape index (κ2) is 5.42. The van der Waals surface area contributed by atoms with Gasteiger partial charge in [-0.05, 0) is 17.7 Å². The molecule has 1 rings (SSSR count). The molecule has 0 spiro atoms. The number of aliphatic hydroxyl groups excluding tert-OH is 2. The predicted molar refractivity (Wildman–Crippen MR) is 57.0 cm³/mol. The highest BCUT2D eigenvalue weighted by molar-refractivity contribution is 5.79. The lowest BCUT2D eigenvalue weighted by Crippen LogP contribution is -2.27. The molecule has 2 unspecified atom stereocenters. The summed E-state index contributed by atoms with van der Waals surface area (Å²) in [5.74, 6) is -1.33. The molecule has 6 heteroatoms. The van der Waals surface area contributed by atoms with Crippen LogP contribution in [0, 0.1) is 0 Å². The average molecular weight is 240 g/mol. The van der Waals surface area contributed by atoms with Crippen LogP contribution in [-0.2, 0) is 4.79 Å². The van der Waals surface area contributed by atoms with Gasteiger partial charge in [-0.3, -0.25) is 4.79 Å². The van der Waals surface area contributed by atoms with Gasteiger partial charge in [-0.15, -0.1) is 0 Å². The van der Waals surface area contributed by atoms with Gasteiger partial charge in [0, 0.05) is 0 Å². The summed E-state index contributed by atoms with van der Waals surface area (Å²) in [6.07, 6.45) is -2.94. The molecule has 0 amide bonds. The van der Waals surface area contributed by atoms with Crippen molar-refractivity contribution in [2.45, 2.75) is 12.2 Å². The SMILES string of the molecule is COc1cc(C(O)C(O)C(=O)O)ccc1C=O. The van der Waals surface area contributed by atoms with Crippen molar-refractivity contribution in [2.24, 2.45) is 0 Å². The van der Waals surface area contributed by atoms with Crippen LogP contribution >= 0.6 is 0 Å². The van der Waals surface area contributed by atoms with E-state index in [0.29, 0.717) is 6.29 Å². The lowest BCUT2D eigenvalue weighted by Gasteiger charge is -2.15. The van der Waals surface area contributed by atoms with Gasteiger partial charge in [0.2, 0.25) is 0 Å². The second-order valence-corrected chi connectivity index (χ2v) is 3.35. The van der Waals surface area contributed by atoms with Crippen LogP contribution in [0.5, 0.6) is 5.75 Å². The molecule has 0 aliphatic heterocycles. The van der Waals surface area contributed by atoms with Gasteiger partial charge in [0.25, 0.3) is 0 Å². The molecule has 1 aromatic rings. The van der Waals surface area contributed by atoms with Crippen LogP contribution in [-0.4, -0.2) is 40.8 Å². The van der Waals surface area contributed by atoms with E-state index < -0.39 is 18.2 Å². The van der Waals surface area contributed by atoms with Crippen LogP contribution in [0.3, 0.4) is 0 Å². The molecule has 0 aliphatic carbocycles. The summed E-state index contributed by atoms with van der Waals surface area (Å²) in [6.45, 7) is 0. The van der Waals surface area contributed by atoms with E-state index in [0.717, 1.165) is 0 Å². The van der Waals surface area contributed by atoms with E-state index in [-0.39, 0.29) is 16.9 Å². The van der Waals surface area contributed by atoms with Gasteiger partial charge in [-0.2, -0.15) is 0 Å². The molecule has 0 fully saturated rings. The molecule has 2 atom stereocenters. The third-order valence-electron chi connectivity index (χ3n) is 2.28. The normalized spacial score (nSPS) is 13.8. The molecule has 92 valence electrons. The number of aliphatic carboxylic acids is 1. The quantitative estimate of drug-likeness (QED) is 0.625. The van der Waals surface area contributed by atoms with Gasteiger partial charge in [-0.1, -0.05) is 6.07 Å². The first-order valence-corrected chi connectivity index (χ1v) is 4.73. The Kier molecular flexibility index (Phi) is 4.19. The monoisotopic (exact) mass is 240 g/mol. The largest absolute Gasteiger partial charge is 0.496 e. The van der Waals surface area contributed by atoms with Crippen LogP contribution in [0.4, 0.5) is 0 Å². The molecule has 17 heavy (non-hydrogen) atoms. The summed E-state index contributed by atoms with van der Waals surface area (Å²) in [5, 5.41) is 27.3. The van der Waals surface area contributed by atoms with Crippen molar-refractivity contribution in [3.05, 3.63) is 29.3 Å². The Labute approximate surface area is 97.1 Å². The number of hydrogen-bond acceptors (Lipinski definition) is 5. The average Bonchev–Trinajstić information content (AvgIpc) is 2.35. The van der Waals surface area contributed by atoms with E-state index in [1.807, 2.05) is 0 Å². The van der Waals surface area contributed by atoms with Crippen LogP contribution < -0.4 is 4.74 Å². The smallest absolute Gasteiger partial charge is 0.335 e. The van der Waals surface area contributed by atoms with Crippen molar-refractivity contribution in [3.8, 4) is 5.75 Å². The fraction of sp³-hybridized carbons (Fsp3) is 0.273. The standard InChI is InChI=1S/C11H12O6/c1-17-8-4-6(2-3-7(8)5-12)9(13)10(14)11(15)16/h2-5,9-10,13-14H,1H3,(H,15,16). The summed E-state index contributed by atoms with van der Waals surface area (Å²) in [6, 6.07) is 4.03. The number of aliphatic hydroxyl groups is 2. The molecule has 0 heterocycles. The van der Waals surface area contributed by atoms with Crippen LogP contribution in [0.25, 0.3) is 0 Å². The Morgan fingerprint density at radius 1 is 1.41 bits per heavy atom. The van der Waals surface area contributed by atoms with Crippen molar-refractivity contribution in [1.29, 1.82) is 0 Å². The number of methoxy groups -OCH3 is 1. The Balaban J connectivity index is 3.07. The number of ether oxygens (including phenoxy) is 1. The van der Waals surface area contributed by atoms with Gasteiger partial charge >= 0.3 is 5.97 Å². The first-order chi connectivity index (χ1) is 8.01. The van der Waals surface area contributed by atoms with Crippen molar-refractivity contribution < 1.29 is 29.6 Å². The van der Waals surface area contributed by atoms with Crippen molar-refractivity contribution in [1.82, 2.24) is 0 Å². The Hall–Kier alpha value is -1.92. The van der Waals surface area contributed by atoms with Crippen molar-refractivity contribution in [2.75, 3.05) is 7.11 Å². The van der Waals surface area contributed by atoms with Crippen molar-refractivity contribution in [3.63, 3.8) is 0 Å². The first-order valence-electron chi connectivity index (χ1n) is 4.73. The first kappa shape index (κ1) is 13.1. The number of carbonyl (C=O) groups excluding carboxylic acids is 1. The van der Waals surface area contributed by atoms with E-state index in [1.165, 1.54) is 25.3 Å². The maximum absolute atomic E-state index is 10.6. The highest BCUT2D eigenvalue weighted by Gasteiger charge is 2.25. The number of carbonyl (C=O) groups is 2. The van der Waals surface area contributed by atoms with Gasteiger partial charge in [0.15, 0.2) is 12.4 Å². The highest BCUT2D eigenvalue weighted by atomic mass is 16.5. The Bertz CT molecular complexity index is 428. The van der Waals surface area contributed by atoms with Gasteiger partial charge in [0.1, 0.15) is 11.9 Å². The maximum Gasteiger partial charge on any atom is 0.335 e. The summed E-state index contributed by atoms with van der Waals surface area (Å²) >= 11 is 0. The molecule has 0 radical (unpaired) electrons. The van der Waals surface area contributed by atoms with Crippen molar-refractivity contribution >= 4 is 12.3 Å². The lowest BCUT2D eigenvalue weighted by atomic mass is 10.0. The van der Waals surface area contributed by atoms with E-state index in [1.54, 1.807) is 0 Å². The molecule has 1 aromatic carbocycles. The molecule has 3 N–H and O–H groups in total. The number of aldehydes is 1. The fourth-order valence-corrected chi connectivity index (χ4v) is 1.33. The zero-order valence-electron chi connectivity index (χ0n) is 9.03. The topological polar surface area (TPSA) is 104 Å². The Morgan fingerprint density at radius 2 is 2.06 bits per heavy atom. The maximum atomic E-state index is 10.6. The van der Waals surface area contributed by atoms with Crippen LogP contribution in [0.1, 0.15) is 22.0 Å². The third kappa shape index (κ3) is 2.80. The van der Waals surface area contributed by atoms with Gasteiger partial charge in [-0.25, -0.2) is 4.79 Å². The van der Waals surface area contributed by atoms with Crippen LogP contribution in [0.15, 0.2) is 18.2 Å². The molecule has 0 aliphatic rings. The van der Waals surface area contributed by atoms with E-state index in [4.69, 9.17) is 9.84 Å². The summed E-state index contributed by atoms with van der Waals surface area (Å²) in [7, 11) is 1.34. The zero-order chi connectivity index (χ0) is 13.0. The van der Waals surface area contributed by atoms with E-state index >= 15 is 0 Å². The second-order valence-electron chi connectivity index (χ2n) is 3.35. The minimum Gasteiger partial charge on any atom is -0.496 e. The fourth-order valence-electron chi connectivity index (χ4n) is 1.33. The molecular weight excluding hydrogens is 228 g/mol. The molecule has 0 saturated carbocycles. The van der Waals surface area contributed by atoms with E-state index in [9.17, 15) is 19.8 Å². The van der Waals surface area contributed by atoms with E-state index in [2.05, 4.69) is 0 Å². The summed E-state index contributed by atoms with van der Waals surface area (Å²) in [4.78, 5) is 21.1. The number of carboxylic acids is 1. The molecule has 0 bridgehead atoms. The van der Waals surface area contributed by atoms with Gasteiger partial charge < -0.3 is 20.1 Å². The third-order valence-corrected chi connectivity index (χ3v) is 2.28. The minimum absolute atomic E-state index is 0.155. The molecule has 0 aromatic heterocycles. The minimum atomic E-state index is -1.93. The molecule has 6 nitrogen and oxygen atoms in total. The van der Waals surface area contributed by atoms with Gasteiger partial charge in [0.05, 0.1) is 12.7 Å². The lowest BCUT2D eigenvalue weighted by molar-refractivity contribution is -0.153. The molecular formula is C11H12O6. The summed E-state index contributed by atoms with van der Waals surface area (Å²) in [5.41, 5.74) is 0.426. The number of carboxylic acid groups (broad SMARTS) is 1. The number of hydrogen-bond donors (Lipinski definition) is 3. The number of rotatable bonds is 5. The highest BCUT2D eigenvalue weighted by Crippen LogP contribution is 2.24. The summed E-state index contributed by atoms with van der Waals surface area (Å²) < 4.78 is 4.90. The predicted octanol–water partition coefficient (Wildman–Crippen LogP) is -0.0134.